The first-order valence-electron chi connectivity index (χ1n) is 7.15. The molecule has 0 saturated heterocycles. The molecule has 0 heterocycles. The zero-order valence-electron chi connectivity index (χ0n) is 12.2. The second-order valence-electron chi connectivity index (χ2n) is 5.51. The van der Waals surface area contributed by atoms with E-state index in [0.29, 0.717) is 0 Å². The molecule has 0 aromatic heterocycles. The predicted molar refractivity (Wildman–Crippen MR) is 89.7 cm³/mol. The highest BCUT2D eigenvalue weighted by atomic mass is 35.5. The molecule has 1 atom stereocenters. The molecule has 2 aromatic carbocycles. The molecule has 2 aromatic rings. The van der Waals surface area contributed by atoms with Crippen LogP contribution in [0.1, 0.15) is 32.2 Å². The van der Waals surface area contributed by atoms with Gasteiger partial charge in [-0.05, 0) is 12.1 Å². The molecular weight excluding hydrogens is 353 g/mol. The van der Waals surface area contributed by atoms with Crippen molar-refractivity contribution in [3.8, 4) is 0 Å². The normalized spacial score (nSPS) is 15.4. The lowest BCUT2D eigenvalue weighted by atomic mass is 9.82. The monoisotopic (exact) mass is 363 g/mol. The average molecular weight is 364 g/mol. The van der Waals surface area contributed by atoms with Crippen LogP contribution in [0.3, 0.4) is 0 Å². The number of ketones is 2. The summed E-state index contributed by atoms with van der Waals surface area (Å²) in [5, 5.41) is 11.5. The highest BCUT2D eigenvalue weighted by Crippen LogP contribution is 2.41. The summed E-state index contributed by atoms with van der Waals surface area (Å²) in [6, 6.07) is 11.1. The van der Waals surface area contributed by atoms with Gasteiger partial charge in [-0.3, -0.25) is 19.7 Å². The van der Waals surface area contributed by atoms with Crippen molar-refractivity contribution in [2.75, 3.05) is 6.54 Å². The zero-order valence-corrected chi connectivity index (χ0v) is 13.8. The van der Waals surface area contributed by atoms with Crippen molar-refractivity contribution >= 4 is 34.8 Å². The molecule has 0 spiro atoms. The van der Waals surface area contributed by atoms with E-state index in [9.17, 15) is 19.7 Å². The van der Waals surface area contributed by atoms with Gasteiger partial charge in [0.25, 0.3) is 0 Å². The van der Waals surface area contributed by atoms with Crippen LogP contribution in [-0.4, -0.2) is 23.0 Å². The predicted octanol–water partition coefficient (Wildman–Crippen LogP) is 4.05. The van der Waals surface area contributed by atoms with Crippen molar-refractivity contribution in [2.45, 2.75) is 5.92 Å². The summed E-state index contributed by atoms with van der Waals surface area (Å²) >= 11 is 12.3. The van der Waals surface area contributed by atoms with Crippen LogP contribution in [0.4, 0.5) is 0 Å². The number of hydrogen-bond donors (Lipinski definition) is 0. The molecule has 1 unspecified atom stereocenters. The topological polar surface area (TPSA) is 77.3 Å². The van der Waals surface area contributed by atoms with Gasteiger partial charge in [0, 0.05) is 31.7 Å². The number of benzene rings is 2. The van der Waals surface area contributed by atoms with Gasteiger partial charge in [0.05, 0.1) is 11.8 Å². The minimum atomic E-state index is -1.19. The molecule has 24 heavy (non-hydrogen) atoms. The number of carbonyl (C=O) groups excluding carboxylic acids is 2. The highest BCUT2D eigenvalue weighted by molar-refractivity contribution is 6.36. The van der Waals surface area contributed by atoms with Gasteiger partial charge in [-0.2, -0.15) is 0 Å². The summed E-state index contributed by atoms with van der Waals surface area (Å²) in [4.78, 5) is 36.0. The number of Topliss-reactive ketones (excluding diaryl/α,β-unsaturated/α-hetero) is 2. The first-order valence-corrected chi connectivity index (χ1v) is 7.90. The van der Waals surface area contributed by atoms with Gasteiger partial charge in [-0.1, -0.05) is 53.5 Å². The van der Waals surface area contributed by atoms with Crippen LogP contribution in [0.15, 0.2) is 42.5 Å². The largest absolute Gasteiger partial charge is 0.293 e. The molecule has 5 nitrogen and oxygen atoms in total. The van der Waals surface area contributed by atoms with E-state index in [0.717, 1.165) is 0 Å². The Hall–Kier alpha value is -2.24. The number of hydrogen-bond acceptors (Lipinski definition) is 4. The van der Waals surface area contributed by atoms with Crippen molar-refractivity contribution in [1.82, 2.24) is 0 Å². The quantitative estimate of drug-likeness (QED) is 0.466. The van der Waals surface area contributed by atoms with Gasteiger partial charge < -0.3 is 0 Å². The Labute approximate surface area is 147 Å². The zero-order chi connectivity index (χ0) is 17.4. The lowest BCUT2D eigenvalue weighted by molar-refractivity contribution is -0.484. The lowest BCUT2D eigenvalue weighted by Crippen LogP contribution is -2.29. The maximum absolute atomic E-state index is 12.7. The van der Waals surface area contributed by atoms with Gasteiger partial charge >= 0.3 is 0 Å². The van der Waals surface area contributed by atoms with Crippen LogP contribution in [-0.2, 0) is 0 Å². The maximum Gasteiger partial charge on any atom is 0.211 e. The van der Waals surface area contributed by atoms with Gasteiger partial charge in [-0.15, -0.1) is 0 Å². The Bertz CT molecular complexity index is 810. The molecule has 0 N–H and O–H groups in total. The number of halogens is 2. The first kappa shape index (κ1) is 16.6. The lowest BCUT2D eigenvalue weighted by Gasteiger charge is -2.20. The average Bonchev–Trinajstić information content (AvgIpc) is 2.78. The number of nitro groups is 1. The third kappa shape index (κ3) is 2.70. The van der Waals surface area contributed by atoms with Gasteiger partial charge in [-0.25, -0.2) is 0 Å². The fourth-order valence-corrected chi connectivity index (χ4v) is 3.80. The molecule has 0 bridgehead atoms. The van der Waals surface area contributed by atoms with E-state index < -0.39 is 34.9 Å². The summed E-state index contributed by atoms with van der Waals surface area (Å²) in [6.07, 6.45) is 0. The summed E-state index contributed by atoms with van der Waals surface area (Å²) in [6.45, 7) is -0.612. The Morgan fingerprint density at radius 2 is 1.46 bits per heavy atom. The molecule has 1 aliphatic rings. The van der Waals surface area contributed by atoms with Gasteiger partial charge in [0.15, 0.2) is 11.6 Å². The van der Waals surface area contributed by atoms with Crippen molar-refractivity contribution in [3.05, 3.63) is 79.3 Å². The molecule has 122 valence electrons. The molecular formula is C17H11Cl2NO4. The number of carbonyl (C=O) groups is 2. The molecule has 0 radical (unpaired) electrons. The third-order valence-electron chi connectivity index (χ3n) is 4.14. The Morgan fingerprint density at radius 3 is 1.92 bits per heavy atom. The standard InChI is InChI=1S/C17H11Cl2NO4/c18-12-6-3-7-13(19)14(12)11(8-20(23)24)15-16(21)9-4-1-2-5-10(9)17(15)22/h1-7,11,15H,8H2. The Kier molecular flexibility index (Phi) is 4.39. The minimum absolute atomic E-state index is 0.200. The minimum Gasteiger partial charge on any atom is -0.293 e. The number of rotatable bonds is 4. The summed E-state index contributed by atoms with van der Waals surface area (Å²) < 4.78 is 0. The van der Waals surface area contributed by atoms with Crippen LogP contribution in [0.25, 0.3) is 0 Å². The summed E-state index contributed by atoms with van der Waals surface area (Å²) in [5.41, 5.74) is 0.824. The van der Waals surface area contributed by atoms with E-state index in [1.54, 1.807) is 30.3 Å². The molecule has 0 saturated carbocycles. The van der Waals surface area contributed by atoms with Crippen LogP contribution < -0.4 is 0 Å². The van der Waals surface area contributed by atoms with Crippen molar-refractivity contribution in [2.24, 2.45) is 5.92 Å². The van der Waals surface area contributed by atoms with Gasteiger partial charge in [0.1, 0.15) is 0 Å². The Morgan fingerprint density at radius 1 is 0.958 bits per heavy atom. The van der Waals surface area contributed by atoms with E-state index in [2.05, 4.69) is 0 Å². The second kappa shape index (κ2) is 6.34. The molecule has 7 heteroatoms. The molecule has 0 amide bonds. The number of fused-ring (bicyclic) bond motifs is 1. The van der Waals surface area contributed by atoms with Crippen LogP contribution in [0, 0.1) is 16.0 Å². The third-order valence-corrected chi connectivity index (χ3v) is 4.80. The Balaban J connectivity index is 2.14. The SMILES string of the molecule is O=C1c2ccccc2C(=O)C1C(C[N+](=O)[O-])c1c(Cl)cccc1Cl. The number of nitrogens with zero attached hydrogens (tertiary/aromatic N) is 1. The van der Waals surface area contributed by atoms with E-state index in [-0.39, 0.29) is 26.7 Å². The summed E-state index contributed by atoms with van der Waals surface area (Å²) in [7, 11) is 0. The van der Waals surface area contributed by atoms with Crippen molar-refractivity contribution in [1.29, 1.82) is 0 Å². The molecule has 3 rings (SSSR count). The van der Waals surface area contributed by atoms with Crippen LogP contribution in [0.2, 0.25) is 10.0 Å². The molecule has 1 aliphatic carbocycles. The smallest absolute Gasteiger partial charge is 0.211 e. The van der Waals surface area contributed by atoms with E-state index in [1.807, 2.05) is 0 Å². The van der Waals surface area contributed by atoms with Crippen molar-refractivity contribution in [3.63, 3.8) is 0 Å². The summed E-state index contributed by atoms with van der Waals surface area (Å²) in [5.74, 6) is -3.07. The maximum atomic E-state index is 12.7. The highest BCUT2D eigenvalue weighted by Gasteiger charge is 2.46. The first-order chi connectivity index (χ1) is 11.4. The van der Waals surface area contributed by atoms with E-state index in [1.165, 1.54) is 12.1 Å². The van der Waals surface area contributed by atoms with Crippen molar-refractivity contribution < 1.29 is 14.5 Å². The molecule has 0 aliphatic heterocycles. The van der Waals surface area contributed by atoms with E-state index >= 15 is 0 Å². The second-order valence-corrected chi connectivity index (χ2v) is 6.32. The van der Waals surface area contributed by atoms with Crippen LogP contribution in [0.5, 0.6) is 0 Å². The molecule has 0 fully saturated rings. The fraction of sp³-hybridized carbons (Fsp3) is 0.176. The fourth-order valence-electron chi connectivity index (χ4n) is 3.12. The van der Waals surface area contributed by atoms with E-state index in [4.69, 9.17) is 23.2 Å². The van der Waals surface area contributed by atoms with Gasteiger partial charge in [0.2, 0.25) is 6.54 Å². The van der Waals surface area contributed by atoms with Crippen LogP contribution >= 0.6 is 23.2 Å².